The second kappa shape index (κ2) is 34.1. The number of nitrogens with zero attached hydrogens (tertiary/aromatic N) is 9. The van der Waals surface area contributed by atoms with Gasteiger partial charge in [-0.3, -0.25) is 24.3 Å². The molecule has 0 unspecified atom stereocenters. The lowest BCUT2D eigenvalue weighted by Crippen LogP contribution is -2.46. The minimum absolute atomic E-state index is 0.0392. The highest BCUT2D eigenvalue weighted by atomic mass is 35.5. The van der Waals surface area contributed by atoms with Gasteiger partial charge in [0, 0.05) is 134 Å². The van der Waals surface area contributed by atoms with E-state index in [2.05, 4.69) is 77.9 Å². The highest BCUT2D eigenvalue weighted by Gasteiger charge is 2.50. The molecule has 0 N–H and O–H groups in total. The number of carbonyl (C=O) groups is 2. The van der Waals surface area contributed by atoms with Gasteiger partial charge < -0.3 is 14.7 Å². The maximum Gasteiger partial charge on any atom is 0.446 e. The Balaban J connectivity index is 0.000000143. The fourth-order valence-corrected chi connectivity index (χ4v) is 17.5. The Morgan fingerprint density at radius 1 is 0.472 bits per heavy atom. The van der Waals surface area contributed by atoms with E-state index in [-0.39, 0.29) is 44.5 Å². The minimum Gasteiger partial charge on any atom is -0.331 e. The lowest BCUT2D eigenvalue weighted by Gasteiger charge is -2.39. The van der Waals surface area contributed by atoms with Crippen molar-refractivity contribution in [3.8, 4) is 0 Å². The summed E-state index contributed by atoms with van der Waals surface area (Å²) in [7, 11) is 0. The molecule has 3 spiro atoms. The Bertz CT molecular complexity index is 4930. The number of rotatable bonds is 13. The molecule has 0 bridgehead atoms. The Morgan fingerprint density at radius 2 is 0.917 bits per heavy atom. The first-order valence-corrected chi connectivity index (χ1v) is 39.1. The van der Waals surface area contributed by atoms with Gasteiger partial charge in [-0.05, 0) is 240 Å². The summed E-state index contributed by atoms with van der Waals surface area (Å²) >= 11 is 48.5. The normalized spacial score (nSPS) is 17.3. The number of aromatic nitrogens is 3. The zero-order chi connectivity index (χ0) is 76.1. The van der Waals surface area contributed by atoms with Crippen LogP contribution in [0.3, 0.4) is 0 Å². The molecule has 15 rings (SSSR count). The summed E-state index contributed by atoms with van der Waals surface area (Å²) in [6, 6.07) is 44.3. The van der Waals surface area contributed by atoms with E-state index in [1.807, 2.05) is 77.7 Å². The summed E-state index contributed by atoms with van der Waals surface area (Å²) in [5, 5.41) is 3.48. The molecule has 9 aromatic rings. The van der Waals surface area contributed by atoms with Crippen LogP contribution in [0, 0.1) is 18.6 Å². The topological polar surface area (TPSA) is 92.2 Å². The number of amides is 2. The van der Waals surface area contributed by atoms with E-state index in [1.165, 1.54) is 47.2 Å². The Hall–Kier alpha value is -7.27. The number of hydrogen-bond donors (Lipinski definition) is 0. The van der Waals surface area contributed by atoms with E-state index in [1.54, 1.807) is 65.8 Å². The number of alkyl halides is 3. The minimum atomic E-state index is -4.40. The van der Waals surface area contributed by atoms with Crippen LogP contribution < -0.4 is 14.7 Å². The van der Waals surface area contributed by atoms with Crippen LogP contribution in [0.25, 0.3) is 18.2 Å². The maximum atomic E-state index is 13.9. The third-order valence-corrected chi connectivity index (χ3v) is 24.2. The fraction of sp³-hybridized carbons (Fsp3) is 0.277. The van der Waals surface area contributed by atoms with Gasteiger partial charge >= 0.3 is 5.51 Å². The number of hydrogen-bond acceptors (Lipinski definition) is 10. The second-order valence-corrected chi connectivity index (χ2v) is 32.4. The molecule has 9 heterocycles. The van der Waals surface area contributed by atoms with Crippen molar-refractivity contribution in [2.45, 2.75) is 72.1 Å². The van der Waals surface area contributed by atoms with Crippen molar-refractivity contribution in [2.75, 3.05) is 93.2 Å². The zero-order valence-electron chi connectivity index (χ0n) is 58.6. The van der Waals surface area contributed by atoms with Crippen molar-refractivity contribution < 1.29 is 31.5 Å². The molecule has 6 aromatic carbocycles. The third kappa shape index (κ3) is 18.5. The Labute approximate surface area is 669 Å². The zero-order valence-corrected chi connectivity index (χ0v) is 65.5. The van der Waals surface area contributed by atoms with Crippen molar-refractivity contribution in [1.82, 2.24) is 29.7 Å². The summed E-state index contributed by atoms with van der Waals surface area (Å²) in [4.78, 5) is 52.8. The van der Waals surface area contributed by atoms with Gasteiger partial charge in [-0.2, -0.15) is 13.2 Å². The van der Waals surface area contributed by atoms with E-state index in [0.29, 0.717) is 81.7 Å². The first-order chi connectivity index (χ1) is 51.8. The van der Waals surface area contributed by atoms with Crippen molar-refractivity contribution in [3.05, 3.63) is 291 Å². The lowest BCUT2D eigenvalue weighted by atomic mass is 9.74. The van der Waals surface area contributed by atoms with Gasteiger partial charge in [0.25, 0.3) is 11.8 Å². The largest absolute Gasteiger partial charge is 0.446 e. The number of piperidine rings is 3. The Kier molecular flexibility index (Phi) is 24.9. The highest BCUT2D eigenvalue weighted by molar-refractivity contribution is 8.00. The van der Waals surface area contributed by atoms with Crippen LogP contribution in [0.15, 0.2) is 193 Å². The van der Waals surface area contributed by atoms with Gasteiger partial charge in [0.1, 0.15) is 32.1 Å². The first kappa shape index (κ1) is 78.8. The van der Waals surface area contributed by atoms with Crippen LogP contribution in [0.2, 0.25) is 35.5 Å². The van der Waals surface area contributed by atoms with E-state index in [4.69, 9.17) is 93.4 Å². The lowest BCUT2D eigenvalue weighted by molar-refractivity contribution is -0.0328. The van der Waals surface area contributed by atoms with Gasteiger partial charge in [0.2, 0.25) is 0 Å². The molecule has 3 aromatic heterocycles. The summed E-state index contributed by atoms with van der Waals surface area (Å²) in [5.74, 6) is -1.45. The molecule has 2 amide bonds. The van der Waals surface area contributed by atoms with E-state index < -0.39 is 22.6 Å². The molecule has 0 radical (unpaired) electrons. The number of fused-ring (bicyclic) bond motifs is 6. The molecule has 558 valence electrons. The highest BCUT2D eigenvalue weighted by Crippen LogP contribution is 2.52. The van der Waals surface area contributed by atoms with Crippen molar-refractivity contribution >= 4 is 157 Å². The average Bonchev–Trinajstić information content (AvgIpc) is 1.60. The number of carbonyl (C=O) groups excluding carboxylic acids is 2. The first-order valence-electron chi connectivity index (χ1n) is 35.3. The van der Waals surface area contributed by atoms with Crippen molar-refractivity contribution in [2.24, 2.45) is 0 Å². The average molecular weight is 1640 g/mol. The molecule has 6 aliphatic rings. The van der Waals surface area contributed by atoms with Crippen LogP contribution in [0.5, 0.6) is 0 Å². The van der Waals surface area contributed by atoms with Gasteiger partial charge in [0.15, 0.2) is 0 Å². The molecule has 25 heteroatoms. The molecule has 108 heavy (non-hydrogen) atoms. The number of anilines is 3. The third-order valence-electron chi connectivity index (χ3n) is 21.2. The molecule has 3 fully saturated rings. The monoisotopic (exact) mass is 1630 g/mol. The van der Waals surface area contributed by atoms with E-state index in [9.17, 15) is 31.5 Å². The van der Waals surface area contributed by atoms with Gasteiger partial charge in [-0.1, -0.05) is 166 Å². The molecule has 6 aliphatic heterocycles. The summed E-state index contributed by atoms with van der Waals surface area (Å²) in [5.41, 5.74) is 6.69. The number of thiocarbonyl (C=S) groups is 1. The maximum absolute atomic E-state index is 13.9. The van der Waals surface area contributed by atoms with E-state index >= 15 is 0 Å². The standard InChI is InChI=1S/C28H23Cl3F3N3OS.C28H26ClF2N3O.C27H24Cl3N3S/c29-22-5-3-18(14-23(22)30)2-1-11-36-12-8-27(9-13-36)17-37(26(38)19-7-10-35-25(31)15-19)24-6-4-20(16-21(24)27)39-28(32,33)34;1-19-4-7-25-23(15-19)28(18-34(25)27(35)21-8-11-32-26(29)16-21)9-13-33(14-10-28)12-2-3-20-5-6-22(30)17-24(20)31;28-21-5-3-19(4-6-21)2-1-13-32-14-10-27(11-15-32)18-33(24-8-7-22(29)17-23(24)27)26(34)20-9-12-31-25(30)16-20/h1-7,10,14-16H,8-9,11-13,17H2;2-8,11,15-17H,9-10,12-14,18H2,1H3;1-9,12,16-17H,10-11,13-15,18H2/b2-1+;3-2+;2-1+. The predicted molar refractivity (Wildman–Crippen MR) is 435 cm³/mol. The molecule has 3 saturated heterocycles. The molecule has 0 saturated carbocycles. The molecular weight excluding hydrogens is 1560 g/mol. The van der Waals surface area contributed by atoms with Crippen molar-refractivity contribution in [1.29, 1.82) is 0 Å². The summed E-state index contributed by atoms with van der Waals surface area (Å²) < 4.78 is 66.5. The fourth-order valence-electron chi connectivity index (χ4n) is 15.5. The molecule has 0 atom stereocenters. The van der Waals surface area contributed by atoms with Gasteiger partial charge in [0.05, 0.1) is 10.0 Å². The van der Waals surface area contributed by atoms with Crippen LogP contribution in [0.1, 0.15) is 104 Å². The number of aryl methyl sites for hydroxylation is 1. The Morgan fingerprint density at radius 3 is 1.44 bits per heavy atom. The molecule has 0 aliphatic carbocycles. The number of pyridine rings is 3. The van der Waals surface area contributed by atoms with Crippen LogP contribution >= 0.6 is 105 Å². The number of likely N-dealkylation sites (tertiary alicyclic amines) is 3. The predicted octanol–water partition coefficient (Wildman–Crippen LogP) is 21.7. The number of halogens is 12. The summed E-state index contributed by atoms with van der Waals surface area (Å²) in [6.07, 6.45) is 22.2. The quantitative estimate of drug-likeness (QED) is 0.0478. The second-order valence-electron chi connectivity index (χ2n) is 28.0. The van der Waals surface area contributed by atoms with E-state index in [0.717, 1.165) is 133 Å². The van der Waals surface area contributed by atoms with Crippen LogP contribution in [-0.4, -0.2) is 130 Å². The number of thioether (sulfide) groups is 1. The molecule has 11 nitrogen and oxygen atoms in total. The SMILES string of the molecule is Cc1ccc2c(c1)C1(CCN(C/C=C/c3ccc(F)cc3F)CC1)CN2C(=O)c1ccnc(Cl)c1.O=C(c1ccnc(Cl)c1)N1CC2(CCN(C/C=C/c3ccc(Cl)c(Cl)c3)CC2)c2cc(SC(F)(F)F)ccc21.S=C(c1ccnc(Cl)c1)N1CC2(CCN(C/C=C/c3ccc(Cl)cc3)CC2)c2cc(Cl)ccc21. The van der Waals surface area contributed by atoms with Gasteiger partial charge in [-0.25, -0.2) is 23.7 Å². The van der Waals surface area contributed by atoms with Gasteiger partial charge in [-0.15, -0.1) is 0 Å². The smallest absolute Gasteiger partial charge is 0.331 e. The van der Waals surface area contributed by atoms with Crippen LogP contribution in [-0.2, 0) is 16.2 Å². The number of benzene rings is 6. The van der Waals surface area contributed by atoms with Crippen molar-refractivity contribution in [3.63, 3.8) is 0 Å². The molecular formula is C83H73Cl7F5N9O2S2. The van der Waals surface area contributed by atoms with Crippen LogP contribution in [0.4, 0.5) is 39.0 Å². The summed E-state index contributed by atoms with van der Waals surface area (Å²) in [6.45, 7) is 11.6.